The van der Waals surface area contributed by atoms with Crippen molar-refractivity contribution < 1.29 is 4.74 Å². The van der Waals surface area contributed by atoms with E-state index in [-0.39, 0.29) is 0 Å². The van der Waals surface area contributed by atoms with E-state index >= 15 is 0 Å². The van der Waals surface area contributed by atoms with Crippen LogP contribution < -0.4 is 5.32 Å². The summed E-state index contributed by atoms with van der Waals surface area (Å²) >= 11 is 5.45. The van der Waals surface area contributed by atoms with Crippen LogP contribution in [0.25, 0.3) is 0 Å². The van der Waals surface area contributed by atoms with Gasteiger partial charge in [0, 0.05) is 39.4 Å². The van der Waals surface area contributed by atoms with Gasteiger partial charge in [0.15, 0.2) is 5.11 Å². The third-order valence-corrected chi connectivity index (χ3v) is 3.39. The van der Waals surface area contributed by atoms with Crippen molar-refractivity contribution in [2.75, 3.05) is 47.4 Å². The van der Waals surface area contributed by atoms with Crippen LogP contribution in [-0.2, 0) is 4.74 Å². The van der Waals surface area contributed by atoms with E-state index in [1.54, 1.807) is 7.11 Å². The van der Waals surface area contributed by atoms with Crippen molar-refractivity contribution in [2.45, 2.75) is 25.3 Å². The summed E-state index contributed by atoms with van der Waals surface area (Å²) in [4.78, 5) is 4.57. The molecule has 1 aliphatic heterocycles. The molecule has 1 saturated heterocycles. The van der Waals surface area contributed by atoms with E-state index in [9.17, 15) is 0 Å². The number of likely N-dealkylation sites (tertiary alicyclic amines) is 1. The summed E-state index contributed by atoms with van der Waals surface area (Å²) < 4.78 is 5.02. The molecule has 1 heterocycles. The van der Waals surface area contributed by atoms with Crippen molar-refractivity contribution in [3.63, 3.8) is 0 Å². The summed E-state index contributed by atoms with van der Waals surface area (Å²) in [6, 6.07) is 0.576. The quantitative estimate of drug-likeness (QED) is 0.566. The van der Waals surface area contributed by atoms with Crippen LogP contribution in [0.2, 0.25) is 0 Å². The summed E-state index contributed by atoms with van der Waals surface area (Å²) in [5, 5.41) is 4.23. The van der Waals surface area contributed by atoms with Gasteiger partial charge < -0.3 is 19.9 Å². The first kappa shape index (κ1) is 14.7. The fourth-order valence-electron chi connectivity index (χ4n) is 2.23. The Morgan fingerprint density at radius 1 is 1.53 bits per heavy atom. The van der Waals surface area contributed by atoms with Crippen molar-refractivity contribution in [3.8, 4) is 0 Å². The van der Waals surface area contributed by atoms with Gasteiger partial charge in [0.1, 0.15) is 0 Å². The third kappa shape index (κ3) is 5.19. The third-order valence-electron chi connectivity index (χ3n) is 3.02. The number of nitrogens with zero attached hydrogens (tertiary/aromatic N) is 2. The molecule has 0 aliphatic carbocycles. The maximum Gasteiger partial charge on any atom is 0.169 e. The molecule has 1 aliphatic rings. The standard InChI is InChI=1S/C12H25N3OS/c1-14(2)10-11-6-4-8-15(11)12(17)13-7-5-9-16-3/h11H,4-10H2,1-3H3,(H,13,17). The van der Waals surface area contributed by atoms with Crippen molar-refractivity contribution in [1.29, 1.82) is 0 Å². The molecule has 1 N–H and O–H groups in total. The minimum atomic E-state index is 0.576. The Kier molecular flexibility index (Phi) is 6.77. The van der Waals surface area contributed by atoms with E-state index in [1.165, 1.54) is 12.8 Å². The Hall–Kier alpha value is -0.390. The van der Waals surface area contributed by atoms with E-state index < -0.39 is 0 Å². The average molecular weight is 259 g/mol. The highest BCUT2D eigenvalue weighted by atomic mass is 32.1. The van der Waals surface area contributed by atoms with Crippen molar-refractivity contribution in [2.24, 2.45) is 0 Å². The molecule has 1 rings (SSSR count). The normalized spacial score (nSPS) is 20.0. The van der Waals surface area contributed by atoms with E-state index in [2.05, 4.69) is 29.2 Å². The number of methoxy groups -OCH3 is 1. The molecule has 0 saturated carbocycles. The SMILES string of the molecule is COCCCNC(=S)N1CCCC1CN(C)C. The topological polar surface area (TPSA) is 27.7 Å². The molecule has 1 atom stereocenters. The van der Waals surface area contributed by atoms with E-state index in [0.717, 1.165) is 37.8 Å². The molecule has 0 spiro atoms. The number of nitrogens with one attached hydrogen (secondary N) is 1. The summed E-state index contributed by atoms with van der Waals surface area (Å²) in [6.45, 7) is 3.86. The number of thiocarbonyl (C=S) groups is 1. The molecular weight excluding hydrogens is 234 g/mol. The van der Waals surface area contributed by atoms with E-state index in [0.29, 0.717) is 6.04 Å². The van der Waals surface area contributed by atoms with Crippen LogP contribution in [0.4, 0.5) is 0 Å². The lowest BCUT2D eigenvalue weighted by Gasteiger charge is -2.29. The second-order valence-corrected chi connectivity index (χ2v) is 5.22. The maximum absolute atomic E-state index is 5.45. The van der Waals surface area contributed by atoms with Gasteiger partial charge >= 0.3 is 0 Å². The van der Waals surface area contributed by atoms with Gasteiger partial charge in [-0.25, -0.2) is 0 Å². The lowest BCUT2D eigenvalue weighted by Crippen LogP contribution is -2.46. The predicted molar refractivity (Wildman–Crippen MR) is 75.4 cm³/mol. The fourth-order valence-corrected chi connectivity index (χ4v) is 2.57. The number of ether oxygens (including phenoxy) is 1. The Bertz CT molecular complexity index is 236. The van der Waals surface area contributed by atoms with Gasteiger partial charge in [-0.15, -0.1) is 0 Å². The smallest absolute Gasteiger partial charge is 0.169 e. The lowest BCUT2D eigenvalue weighted by molar-refractivity contribution is 0.195. The van der Waals surface area contributed by atoms with Gasteiger partial charge in [0.05, 0.1) is 0 Å². The van der Waals surface area contributed by atoms with Gasteiger partial charge in [0.25, 0.3) is 0 Å². The molecule has 0 aromatic heterocycles. The number of hydrogen-bond acceptors (Lipinski definition) is 3. The molecule has 0 aromatic carbocycles. The highest BCUT2D eigenvalue weighted by molar-refractivity contribution is 7.80. The van der Waals surface area contributed by atoms with Crippen molar-refractivity contribution in [3.05, 3.63) is 0 Å². The second-order valence-electron chi connectivity index (χ2n) is 4.83. The minimum Gasteiger partial charge on any atom is -0.385 e. The molecule has 0 amide bonds. The second kappa shape index (κ2) is 7.84. The number of likely N-dealkylation sites (N-methyl/N-ethyl adjacent to an activating group) is 1. The predicted octanol–water partition coefficient (Wildman–Crippen LogP) is 0.923. The summed E-state index contributed by atoms with van der Waals surface area (Å²) in [5.41, 5.74) is 0. The largest absolute Gasteiger partial charge is 0.385 e. The first-order chi connectivity index (χ1) is 8.15. The van der Waals surface area contributed by atoms with Gasteiger partial charge in [-0.2, -0.15) is 0 Å². The van der Waals surface area contributed by atoms with E-state index in [1.807, 2.05) is 0 Å². The van der Waals surface area contributed by atoms with Crippen LogP contribution in [0, 0.1) is 0 Å². The molecule has 4 nitrogen and oxygen atoms in total. The fraction of sp³-hybridized carbons (Fsp3) is 0.917. The zero-order chi connectivity index (χ0) is 12.7. The molecule has 0 aromatic rings. The van der Waals surface area contributed by atoms with Crippen LogP contribution in [-0.4, -0.2) is 68.4 Å². The molecule has 1 unspecified atom stereocenters. The summed E-state index contributed by atoms with van der Waals surface area (Å²) in [7, 11) is 5.96. The monoisotopic (exact) mass is 259 g/mol. The van der Waals surface area contributed by atoms with Crippen LogP contribution in [0.5, 0.6) is 0 Å². The van der Waals surface area contributed by atoms with E-state index in [4.69, 9.17) is 17.0 Å². The molecule has 0 bridgehead atoms. The van der Waals surface area contributed by atoms with Crippen molar-refractivity contribution >= 4 is 17.3 Å². The summed E-state index contributed by atoms with van der Waals surface area (Å²) in [6.07, 6.45) is 3.50. The molecule has 17 heavy (non-hydrogen) atoms. The van der Waals surface area contributed by atoms with Crippen molar-refractivity contribution in [1.82, 2.24) is 15.1 Å². The first-order valence-electron chi connectivity index (χ1n) is 6.33. The first-order valence-corrected chi connectivity index (χ1v) is 6.74. The van der Waals surface area contributed by atoms with Gasteiger partial charge in [-0.1, -0.05) is 0 Å². The zero-order valence-electron chi connectivity index (χ0n) is 11.2. The van der Waals surface area contributed by atoms with Gasteiger partial charge in [0.2, 0.25) is 0 Å². The highest BCUT2D eigenvalue weighted by Gasteiger charge is 2.26. The lowest BCUT2D eigenvalue weighted by atomic mass is 10.2. The number of rotatable bonds is 6. The Balaban J connectivity index is 2.29. The maximum atomic E-state index is 5.45. The molecule has 100 valence electrons. The molecule has 5 heteroatoms. The van der Waals surface area contributed by atoms with Crippen LogP contribution in [0.15, 0.2) is 0 Å². The van der Waals surface area contributed by atoms with Gasteiger partial charge in [-0.05, 0) is 45.6 Å². The zero-order valence-corrected chi connectivity index (χ0v) is 12.1. The minimum absolute atomic E-state index is 0.576. The highest BCUT2D eigenvalue weighted by Crippen LogP contribution is 2.17. The van der Waals surface area contributed by atoms with Crippen LogP contribution in [0.1, 0.15) is 19.3 Å². The van der Waals surface area contributed by atoms with Gasteiger partial charge in [-0.3, -0.25) is 0 Å². The molecule has 0 radical (unpaired) electrons. The average Bonchev–Trinajstić information content (AvgIpc) is 2.71. The Labute approximate surface area is 110 Å². The Morgan fingerprint density at radius 3 is 2.94 bits per heavy atom. The number of hydrogen-bond donors (Lipinski definition) is 1. The molecule has 1 fully saturated rings. The van der Waals surface area contributed by atoms with Crippen LogP contribution >= 0.6 is 12.2 Å². The van der Waals surface area contributed by atoms with Crippen LogP contribution in [0.3, 0.4) is 0 Å². The summed E-state index contributed by atoms with van der Waals surface area (Å²) in [5.74, 6) is 0. The molecular formula is C12H25N3OS. The Morgan fingerprint density at radius 2 is 2.29 bits per heavy atom.